The number of nitrogens with one attached hydrogen (secondary N) is 2. The van der Waals surface area contributed by atoms with Crippen LogP contribution in [0.15, 0.2) is 70.7 Å². The van der Waals surface area contributed by atoms with Crippen LogP contribution in [0.1, 0.15) is 25.1 Å². The van der Waals surface area contributed by atoms with Crippen molar-refractivity contribution in [2.75, 3.05) is 5.32 Å². The van der Waals surface area contributed by atoms with Crippen molar-refractivity contribution in [2.24, 2.45) is 10.9 Å². The van der Waals surface area contributed by atoms with Crippen molar-refractivity contribution in [3.63, 3.8) is 0 Å². The molecule has 1 aliphatic rings. The average molecular weight is 438 g/mol. The Bertz CT molecular complexity index is 1280. The zero-order valence-electron chi connectivity index (χ0n) is 17.4. The number of sulfonamides is 1. The number of rotatable bonds is 5. The van der Waals surface area contributed by atoms with E-state index in [1.165, 1.54) is 6.07 Å². The Kier molecular flexibility index (Phi) is 5.36. The van der Waals surface area contributed by atoms with Gasteiger partial charge in [0.05, 0.1) is 10.6 Å². The van der Waals surface area contributed by atoms with E-state index in [2.05, 4.69) is 20.1 Å². The Morgan fingerprint density at radius 1 is 1.13 bits per heavy atom. The Hall–Kier alpha value is -3.46. The number of nitrogens with zero attached hydrogens (tertiary/aromatic N) is 3. The van der Waals surface area contributed by atoms with E-state index < -0.39 is 16.1 Å². The number of aryl methyl sites for hydroxylation is 1. The van der Waals surface area contributed by atoms with E-state index in [0.717, 1.165) is 11.4 Å². The minimum Gasteiger partial charge on any atom is -0.324 e. The van der Waals surface area contributed by atoms with Gasteiger partial charge in [0.1, 0.15) is 11.9 Å². The predicted molar refractivity (Wildman–Crippen MR) is 119 cm³/mol. The van der Waals surface area contributed by atoms with Crippen LogP contribution in [0.2, 0.25) is 0 Å². The zero-order valence-corrected chi connectivity index (χ0v) is 18.2. The molecule has 0 fully saturated rings. The van der Waals surface area contributed by atoms with Crippen molar-refractivity contribution in [3.05, 3.63) is 72.1 Å². The average Bonchev–Trinajstić information content (AvgIpc) is 3.27. The van der Waals surface area contributed by atoms with Gasteiger partial charge < -0.3 is 5.32 Å². The molecule has 31 heavy (non-hydrogen) atoms. The molecule has 9 heteroatoms. The Labute approximate surface area is 181 Å². The van der Waals surface area contributed by atoms with E-state index in [4.69, 9.17) is 0 Å². The first kappa shape index (κ1) is 20.8. The molecule has 2 aromatic carbocycles. The number of carbonyl (C=O) groups excluding carboxylic acids is 1. The zero-order chi connectivity index (χ0) is 22.2. The highest BCUT2D eigenvalue weighted by molar-refractivity contribution is 7.90. The maximum Gasteiger partial charge on any atom is 0.263 e. The number of benzene rings is 2. The summed E-state index contributed by atoms with van der Waals surface area (Å²) in [5.74, 6) is -0.285. The fourth-order valence-electron chi connectivity index (χ4n) is 3.45. The van der Waals surface area contributed by atoms with Gasteiger partial charge >= 0.3 is 0 Å². The number of carbonyl (C=O) groups is 1. The third kappa shape index (κ3) is 4.09. The first-order valence-electron chi connectivity index (χ1n) is 9.88. The van der Waals surface area contributed by atoms with Crippen LogP contribution >= 0.6 is 0 Å². The molecule has 0 spiro atoms. The van der Waals surface area contributed by atoms with Crippen LogP contribution in [0.3, 0.4) is 0 Å². The van der Waals surface area contributed by atoms with Crippen LogP contribution in [0, 0.1) is 12.8 Å². The molecule has 160 valence electrons. The second-order valence-electron chi connectivity index (χ2n) is 7.69. The predicted octanol–water partition coefficient (Wildman–Crippen LogP) is 2.88. The number of fused-ring (bicyclic) bond motifs is 1. The van der Waals surface area contributed by atoms with Gasteiger partial charge in [-0.1, -0.05) is 32.0 Å². The summed E-state index contributed by atoms with van der Waals surface area (Å²) in [5.41, 5.74) is 2.88. The summed E-state index contributed by atoms with van der Waals surface area (Å²) in [6.07, 6.45) is 1.71. The summed E-state index contributed by atoms with van der Waals surface area (Å²) in [6, 6.07) is 15.1. The van der Waals surface area contributed by atoms with E-state index in [-0.39, 0.29) is 22.6 Å². The minimum atomic E-state index is -3.67. The van der Waals surface area contributed by atoms with Gasteiger partial charge in [-0.3, -0.25) is 14.5 Å². The topological polar surface area (TPSA) is 105 Å². The van der Waals surface area contributed by atoms with Crippen LogP contribution in [0.4, 0.5) is 5.69 Å². The molecule has 0 radical (unpaired) electrons. The Morgan fingerprint density at radius 2 is 1.90 bits per heavy atom. The van der Waals surface area contributed by atoms with Crippen LogP contribution in [-0.4, -0.2) is 36.0 Å². The standard InChI is InChI=1S/C22H23N5O3S/c1-14(2)20(25-21-18-9-4-5-10-19(18)31(29,30)26-21)22(28)24-16-7-6-8-17(13-16)27-15(3)11-12-23-27/h4-14,20H,1-3H3,(H,24,28)(H,25,26)/t20-/m0/s1. The fourth-order valence-corrected chi connectivity index (χ4v) is 4.69. The van der Waals surface area contributed by atoms with Crippen molar-refractivity contribution in [1.29, 1.82) is 0 Å². The summed E-state index contributed by atoms with van der Waals surface area (Å²) in [6.45, 7) is 5.68. The number of aliphatic imine (C=N–C) groups is 1. The highest BCUT2D eigenvalue weighted by Crippen LogP contribution is 2.24. The SMILES string of the molecule is Cc1ccnn1-c1cccc(NC(=O)[C@@H](N=C2NS(=O)(=O)c3ccccc32)C(C)C)c1. The molecule has 2 N–H and O–H groups in total. The normalized spacial score (nSPS) is 16.7. The molecular formula is C22H23N5O3S. The van der Waals surface area contributed by atoms with E-state index in [0.29, 0.717) is 11.3 Å². The maximum atomic E-state index is 13.1. The summed E-state index contributed by atoms with van der Waals surface area (Å²) in [5, 5.41) is 7.19. The Balaban J connectivity index is 1.62. The molecule has 0 unspecified atom stereocenters. The molecule has 4 rings (SSSR count). The molecule has 0 aliphatic carbocycles. The first-order chi connectivity index (χ1) is 14.8. The van der Waals surface area contributed by atoms with Crippen molar-refractivity contribution in [2.45, 2.75) is 31.7 Å². The number of aromatic nitrogens is 2. The fraction of sp³-hybridized carbons (Fsp3) is 0.227. The lowest BCUT2D eigenvalue weighted by atomic mass is 10.0. The number of hydrogen-bond donors (Lipinski definition) is 2. The van der Waals surface area contributed by atoms with Crippen LogP contribution in [0.5, 0.6) is 0 Å². The highest BCUT2D eigenvalue weighted by Gasteiger charge is 2.32. The second kappa shape index (κ2) is 7.99. The molecule has 1 aliphatic heterocycles. The second-order valence-corrected chi connectivity index (χ2v) is 9.34. The third-order valence-electron chi connectivity index (χ3n) is 5.02. The number of amidine groups is 1. The van der Waals surface area contributed by atoms with Crippen molar-refractivity contribution < 1.29 is 13.2 Å². The van der Waals surface area contributed by atoms with E-state index >= 15 is 0 Å². The van der Waals surface area contributed by atoms with Gasteiger partial charge in [-0.05, 0) is 49.2 Å². The number of anilines is 1. The van der Waals surface area contributed by atoms with E-state index in [1.54, 1.807) is 35.1 Å². The maximum absolute atomic E-state index is 13.1. The molecule has 2 heterocycles. The number of hydrogen-bond acceptors (Lipinski definition) is 5. The summed E-state index contributed by atoms with van der Waals surface area (Å²) in [4.78, 5) is 17.7. The van der Waals surface area contributed by atoms with Gasteiger partial charge in [0.25, 0.3) is 10.0 Å². The molecule has 0 saturated carbocycles. The monoisotopic (exact) mass is 437 g/mol. The molecule has 0 saturated heterocycles. The van der Waals surface area contributed by atoms with Gasteiger partial charge in [0, 0.05) is 23.1 Å². The molecular weight excluding hydrogens is 414 g/mol. The van der Waals surface area contributed by atoms with Crippen LogP contribution in [-0.2, 0) is 14.8 Å². The Morgan fingerprint density at radius 3 is 2.61 bits per heavy atom. The molecule has 8 nitrogen and oxygen atoms in total. The molecule has 1 amide bonds. The molecule has 3 aromatic rings. The lowest BCUT2D eigenvalue weighted by Crippen LogP contribution is -2.34. The number of amides is 1. The molecule has 1 aromatic heterocycles. The minimum absolute atomic E-state index is 0.152. The third-order valence-corrected chi connectivity index (χ3v) is 6.42. The highest BCUT2D eigenvalue weighted by atomic mass is 32.2. The van der Waals surface area contributed by atoms with Gasteiger partial charge in [-0.25, -0.2) is 13.1 Å². The lowest BCUT2D eigenvalue weighted by molar-refractivity contribution is -0.118. The smallest absolute Gasteiger partial charge is 0.263 e. The largest absolute Gasteiger partial charge is 0.324 e. The van der Waals surface area contributed by atoms with Gasteiger partial charge in [0.2, 0.25) is 5.91 Å². The first-order valence-corrected chi connectivity index (χ1v) is 11.4. The van der Waals surface area contributed by atoms with Crippen molar-refractivity contribution in [3.8, 4) is 5.69 Å². The van der Waals surface area contributed by atoms with Crippen LogP contribution in [0.25, 0.3) is 5.69 Å². The van der Waals surface area contributed by atoms with Gasteiger partial charge in [0.15, 0.2) is 0 Å². The van der Waals surface area contributed by atoms with Gasteiger partial charge in [-0.2, -0.15) is 5.10 Å². The van der Waals surface area contributed by atoms with Crippen molar-refractivity contribution >= 4 is 27.5 Å². The summed E-state index contributed by atoms with van der Waals surface area (Å²) < 4.78 is 28.9. The van der Waals surface area contributed by atoms with E-state index in [9.17, 15) is 13.2 Å². The summed E-state index contributed by atoms with van der Waals surface area (Å²) >= 11 is 0. The molecule has 1 atom stereocenters. The van der Waals surface area contributed by atoms with E-state index in [1.807, 2.05) is 45.0 Å². The summed E-state index contributed by atoms with van der Waals surface area (Å²) in [7, 11) is -3.67. The van der Waals surface area contributed by atoms with Gasteiger partial charge in [-0.15, -0.1) is 0 Å². The lowest BCUT2D eigenvalue weighted by Gasteiger charge is -2.18. The molecule has 0 bridgehead atoms. The quantitative estimate of drug-likeness (QED) is 0.640. The van der Waals surface area contributed by atoms with Crippen molar-refractivity contribution in [1.82, 2.24) is 14.5 Å². The van der Waals surface area contributed by atoms with Crippen LogP contribution < -0.4 is 10.0 Å².